The van der Waals surface area contributed by atoms with E-state index in [-0.39, 0.29) is 5.91 Å². The molecule has 1 saturated heterocycles. The van der Waals surface area contributed by atoms with Crippen molar-refractivity contribution in [3.63, 3.8) is 0 Å². The van der Waals surface area contributed by atoms with E-state index in [4.69, 9.17) is 4.74 Å². The van der Waals surface area contributed by atoms with Gasteiger partial charge in [-0.05, 0) is 30.7 Å². The SMILES string of the molecule is COc1cccc(CC(=O)NCCCN2CCNCC2)c1. The third-order valence-corrected chi connectivity index (χ3v) is 3.68. The Morgan fingerprint density at radius 2 is 2.19 bits per heavy atom. The van der Waals surface area contributed by atoms with Crippen molar-refractivity contribution < 1.29 is 9.53 Å². The zero-order chi connectivity index (χ0) is 14.9. The van der Waals surface area contributed by atoms with E-state index in [1.807, 2.05) is 24.3 Å². The van der Waals surface area contributed by atoms with Crippen LogP contribution in [0.1, 0.15) is 12.0 Å². The minimum absolute atomic E-state index is 0.0727. The minimum Gasteiger partial charge on any atom is -0.497 e. The van der Waals surface area contributed by atoms with Crippen molar-refractivity contribution >= 4 is 5.91 Å². The van der Waals surface area contributed by atoms with E-state index < -0.39 is 0 Å². The normalized spacial score (nSPS) is 15.7. The Hall–Kier alpha value is -1.59. The van der Waals surface area contributed by atoms with Gasteiger partial charge in [0.2, 0.25) is 5.91 Å². The predicted molar refractivity (Wildman–Crippen MR) is 83.6 cm³/mol. The number of methoxy groups -OCH3 is 1. The summed E-state index contributed by atoms with van der Waals surface area (Å²) < 4.78 is 5.16. The minimum atomic E-state index is 0.0727. The summed E-state index contributed by atoms with van der Waals surface area (Å²) in [7, 11) is 1.63. The zero-order valence-electron chi connectivity index (χ0n) is 12.7. The molecule has 0 atom stereocenters. The maximum absolute atomic E-state index is 11.9. The second-order valence-corrected chi connectivity index (χ2v) is 5.32. The van der Waals surface area contributed by atoms with Crippen LogP contribution in [0, 0.1) is 0 Å². The molecule has 0 spiro atoms. The molecule has 0 bridgehead atoms. The van der Waals surface area contributed by atoms with Crippen molar-refractivity contribution in [1.29, 1.82) is 0 Å². The lowest BCUT2D eigenvalue weighted by molar-refractivity contribution is -0.120. The standard InChI is InChI=1S/C16H25N3O2/c1-21-15-5-2-4-14(12-15)13-16(20)18-6-3-9-19-10-7-17-8-11-19/h2,4-5,12,17H,3,6-11,13H2,1H3,(H,18,20). The molecule has 2 N–H and O–H groups in total. The molecule has 116 valence electrons. The molecule has 0 aromatic heterocycles. The van der Waals surface area contributed by atoms with Gasteiger partial charge >= 0.3 is 0 Å². The second-order valence-electron chi connectivity index (χ2n) is 5.32. The molecule has 2 rings (SSSR count). The Bertz CT molecular complexity index is 445. The molecule has 0 saturated carbocycles. The number of amides is 1. The maximum atomic E-state index is 11.9. The lowest BCUT2D eigenvalue weighted by Gasteiger charge is -2.27. The van der Waals surface area contributed by atoms with E-state index in [0.717, 1.165) is 57.0 Å². The number of hydrogen-bond acceptors (Lipinski definition) is 4. The molecule has 1 heterocycles. The Labute approximate surface area is 126 Å². The fraction of sp³-hybridized carbons (Fsp3) is 0.562. The molecule has 0 unspecified atom stereocenters. The van der Waals surface area contributed by atoms with Crippen LogP contribution < -0.4 is 15.4 Å². The third kappa shape index (κ3) is 5.73. The summed E-state index contributed by atoms with van der Waals surface area (Å²) in [4.78, 5) is 14.3. The Morgan fingerprint density at radius 3 is 2.95 bits per heavy atom. The molecule has 1 fully saturated rings. The van der Waals surface area contributed by atoms with Gasteiger partial charge in [0.1, 0.15) is 5.75 Å². The van der Waals surface area contributed by atoms with Crippen LogP contribution in [0.15, 0.2) is 24.3 Å². The van der Waals surface area contributed by atoms with Crippen LogP contribution in [0.2, 0.25) is 0 Å². The summed E-state index contributed by atoms with van der Waals surface area (Å²) in [6.07, 6.45) is 1.41. The molecule has 1 aromatic carbocycles. The summed E-state index contributed by atoms with van der Waals surface area (Å²) in [5, 5.41) is 6.32. The molecule has 5 nitrogen and oxygen atoms in total. The number of rotatable bonds is 7. The fourth-order valence-electron chi connectivity index (χ4n) is 2.50. The highest BCUT2D eigenvalue weighted by Crippen LogP contribution is 2.12. The van der Waals surface area contributed by atoms with Gasteiger partial charge in [-0.15, -0.1) is 0 Å². The second kappa shape index (κ2) is 8.64. The first-order valence-electron chi connectivity index (χ1n) is 7.60. The first-order chi connectivity index (χ1) is 10.3. The molecule has 5 heteroatoms. The number of nitrogens with one attached hydrogen (secondary N) is 2. The maximum Gasteiger partial charge on any atom is 0.224 e. The number of ether oxygens (including phenoxy) is 1. The smallest absolute Gasteiger partial charge is 0.224 e. The Morgan fingerprint density at radius 1 is 1.38 bits per heavy atom. The van der Waals surface area contributed by atoms with E-state index in [1.165, 1.54) is 0 Å². The zero-order valence-corrected chi connectivity index (χ0v) is 12.7. The average molecular weight is 291 g/mol. The van der Waals surface area contributed by atoms with Gasteiger partial charge in [0.15, 0.2) is 0 Å². The van der Waals surface area contributed by atoms with Crippen molar-refractivity contribution in [1.82, 2.24) is 15.5 Å². The quantitative estimate of drug-likeness (QED) is 0.724. The van der Waals surface area contributed by atoms with Crippen molar-refractivity contribution in [2.45, 2.75) is 12.8 Å². The summed E-state index contributed by atoms with van der Waals surface area (Å²) >= 11 is 0. The van der Waals surface area contributed by atoms with Gasteiger partial charge in [-0.2, -0.15) is 0 Å². The molecule has 1 aliphatic heterocycles. The van der Waals surface area contributed by atoms with Crippen LogP contribution in [-0.4, -0.2) is 57.2 Å². The summed E-state index contributed by atoms with van der Waals surface area (Å²) in [6.45, 7) is 6.16. The van der Waals surface area contributed by atoms with E-state index in [2.05, 4.69) is 15.5 Å². The highest BCUT2D eigenvalue weighted by atomic mass is 16.5. The lowest BCUT2D eigenvalue weighted by Crippen LogP contribution is -2.44. The van der Waals surface area contributed by atoms with Crippen LogP contribution in [-0.2, 0) is 11.2 Å². The highest BCUT2D eigenvalue weighted by Gasteiger charge is 2.09. The molecule has 1 aromatic rings. The predicted octanol–water partition coefficient (Wildman–Crippen LogP) is 0.649. The van der Waals surface area contributed by atoms with Crippen molar-refractivity contribution in [3.8, 4) is 5.75 Å². The number of benzene rings is 1. The van der Waals surface area contributed by atoms with Crippen LogP contribution in [0.3, 0.4) is 0 Å². The number of piperazine rings is 1. The third-order valence-electron chi connectivity index (χ3n) is 3.68. The van der Waals surface area contributed by atoms with Gasteiger partial charge in [0.05, 0.1) is 13.5 Å². The molecule has 1 aliphatic rings. The van der Waals surface area contributed by atoms with E-state index in [1.54, 1.807) is 7.11 Å². The molecule has 1 amide bonds. The molecule has 0 radical (unpaired) electrons. The molecular formula is C16H25N3O2. The molecular weight excluding hydrogens is 266 g/mol. The van der Waals surface area contributed by atoms with Gasteiger partial charge in [0.25, 0.3) is 0 Å². The van der Waals surface area contributed by atoms with E-state index in [0.29, 0.717) is 6.42 Å². The van der Waals surface area contributed by atoms with Crippen LogP contribution >= 0.6 is 0 Å². The Kier molecular flexibility index (Phi) is 6.50. The Balaban J connectivity index is 1.62. The van der Waals surface area contributed by atoms with Crippen LogP contribution in [0.4, 0.5) is 0 Å². The highest BCUT2D eigenvalue weighted by molar-refractivity contribution is 5.78. The van der Waals surface area contributed by atoms with Crippen molar-refractivity contribution in [2.24, 2.45) is 0 Å². The van der Waals surface area contributed by atoms with Gasteiger partial charge in [-0.1, -0.05) is 12.1 Å². The first kappa shape index (κ1) is 15.8. The van der Waals surface area contributed by atoms with Crippen LogP contribution in [0.5, 0.6) is 5.75 Å². The first-order valence-corrected chi connectivity index (χ1v) is 7.60. The number of hydrogen-bond donors (Lipinski definition) is 2. The van der Waals surface area contributed by atoms with Gasteiger partial charge < -0.3 is 20.3 Å². The largest absolute Gasteiger partial charge is 0.497 e. The van der Waals surface area contributed by atoms with E-state index >= 15 is 0 Å². The van der Waals surface area contributed by atoms with Crippen molar-refractivity contribution in [3.05, 3.63) is 29.8 Å². The average Bonchev–Trinajstić information content (AvgIpc) is 2.53. The van der Waals surface area contributed by atoms with Crippen LogP contribution in [0.25, 0.3) is 0 Å². The van der Waals surface area contributed by atoms with Gasteiger partial charge in [0, 0.05) is 32.7 Å². The fourth-order valence-corrected chi connectivity index (χ4v) is 2.50. The number of carbonyl (C=O) groups excluding carboxylic acids is 1. The number of nitrogens with zero attached hydrogens (tertiary/aromatic N) is 1. The summed E-state index contributed by atoms with van der Waals surface area (Å²) in [5.74, 6) is 0.863. The van der Waals surface area contributed by atoms with Crippen molar-refractivity contribution in [2.75, 3.05) is 46.4 Å². The molecule has 21 heavy (non-hydrogen) atoms. The number of carbonyl (C=O) groups is 1. The summed E-state index contributed by atoms with van der Waals surface area (Å²) in [6, 6.07) is 7.64. The topological polar surface area (TPSA) is 53.6 Å². The van der Waals surface area contributed by atoms with Gasteiger partial charge in [-0.25, -0.2) is 0 Å². The summed E-state index contributed by atoms with van der Waals surface area (Å²) in [5.41, 5.74) is 0.981. The van der Waals surface area contributed by atoms with Gasteiger partial charge in [-0.3, -0.25) is 4.79 Å². The monoisotopic (exact) mass is 291 g/mol. The van der Waals surface area contributed by atoms with E-state index in [9.17, 15) is 4.79 Å². The molecule has 0 aliphatic carbocycles. The lowest BCUT2D eigenvalue weighted by atomic mass is 10.1.